The third kappa shape index (κ3) is 3.19. The lowest BCUT2D eigenvalue weighted by molar-refractivity contribution is 0.0940. The van der Waals surface area contributed by atoms with Crippen LogP contribution in [0, 0.1) is 6.92 Å². The van der Waals surface area contributed by atoms with E-state index < -0.39 is 0 Å². The molecule has 0 saturated heterocycles. The Hall–Kier alpha value is -1.66. The highest BCUT2D eigenvalue weighted by Gasteiger charge is 2.18. The molecule has 0 aliphatic heterocycles. The van der Waals surface area contributed by atoms with Gasteiger partial charge >= 0.3 is 0 Å². The maximum absolute atomic E-state index is 12.6. The molecule has 1 aromatic carbocycles. The first-order valence-corrected chi connectivity index (χ1v) is 9.10. The molecule has 0 aliphatic rings. The van der Waals surface area contributed by atoms with Crippen molar-refractivity contribution in [3.8, 4) is 0 Å². The number of aromatic nitrogens is 2. The first-order chi connectivity index (χ1) is 11.0. The smallest absolute Gasteiger partial charge is 0.261 e. The van der Waals surface area contributed by atoms with Crippen molar-refractivity contribution in [3.05, 3.63) is 50.9 Å². The van der Waals surface area contributed by atoms with Crippen molar-refractivity contribution in [3.63, 3.8) is 0 Å². The van der Waals surface area contributed by atoms with E-state index in [1.165, 1.54) is 11.3 Å². The van der Waals surface area contributed by atoms with E-state index in [1.54, 1.807) is 0 Å². The van der Waals surface area contributed by atoms with Crippen molar-refractivity contribution >= 4 is 43.4 Å². The number of benzene rings is 1. The summed E-state index contributed by atoms with van der Waals surface area (Å²) in [6.45, 7) is 4.04. The van der Waals surface area contributed by atoms with E-state index in [-0.39, 0.29) is 11.9 Å². The number of fused-ring (bicyclic) bond motifs is 1. The average Bonchev–Trinajstić information content (AvgIpc) is 3.08. The quantitative estimate of drug-likeness (QED) is 0.706. The van der Waals surface area contributed by atoms with E-state index in [0.717, 1.165) is 37.2 Å². The summed E-state index contributed by atoms with van der Waals surface area (Å²) in [5, 5.41) is 8.56. The zero-order chi connectivity index (χ0) is 16.6. The minimum atomic E-state index is -0.0274. The van der Waals surface area contributed by atoms with Crippen LogP contribution in [0.3, 0.4) is 0 Å². The van der Waals surface area contributed by atoms with E-state index in [2.05, 4.69) is 33.3 Å². The van der Waals surface area contributed by atoms with Gasteiger partial charge in [0.05, 0.1) is 16.6 Å². The molecular weight excluding hydrogens is 374 g/mol. The highest BCUT2D eigenvalue weighted by Crippen LogP contribution is 2.28. The minimum absolute atomic E-state index is 0.0139. The molecule has 0 saturated carbocycles. The first-order valence-electron chi connectivity index (χ1n) is 7.49. The Morgan fingerprint density at radius 2 is 2.09 bits per heavy atom. The number of nitrogens with zero attached hydrogens (tertiary/aromatic N) is 2. The largest absolute Gasteiger partial charge is 0.345 e. The Balaban J connectivity index is 1.83. The lowest BCUT2D eigenvalue weighted by Gasteiger charge is -2.17. The number of rotatable bonds is 4. The zero-order valence-electron chi connectivity index (χ0n) is 13.3. The van der Waals surface area contributed by atoms with Crippen molar-refractivity contribution in [2.24, 2.45) is 7.05 Å². The molecular formula is C17H18BrN3OS. The molecule has 120 valence electrons. The van der Waals surface area contributed by atoms with Crippen molar-refractivity contribution in [1.82, 2.24) is 15.1 Å². The van der Waals surface area contributed by atoms with Crippen LogP contribution in [0.1, 0.15) is 40.3 Å². The summed E-state index contributed by atoms with van der Waals surface area (Å²) in [6, 6.07) is 10.0. The Morgan fingerprint density at radius 1 is 1.39 bits per heavy atom. The molecule has 23 heavy (non-hydrogen) atoms. The molecule has 3 aromatic rings. The van der Waals surface area contributed by atoms with E-state index in [0.29, 0.717) is 0 Å². The third-order valence-electron chi connectivity index (χ3n) is 3.91. The molecule has 1 N–H and O–H groups in total. The number of amides is 1. The summed E-state index contributed by atoms with van der Waals surface area (Å²) >= 11 is 4.92. The van der Waals surface area contributed by atoms with Crippen LogP contribution in [0.2, 0.25) is 0 Å². The Morgan fingerprint density at radius 3 is 2.70 bits per heavy atom. The van der Waals surface area contributed by atoms with Gasteiger partial charge in [-0.25, -0.2) is 0 Å². The Kier molecular flexibility index (Phi) is 4.55. The summed E-state index contributed by atoms with van der Waals surface area (Å²) in [4.78, 5) is 14.4. The molecule has 1 atom stereocenters. The van der Waals surface area contributed by atoms with Crippen molar-refractivity contribution in [2.75, 3.05) is 0 Å². The molecule has 0 radical (unpaired) electrons. The van der Waals surface area contributed by atoms with Crippen molar-refractivity contribution in [1.29, 1.82) is 0 Å². The SMILES string of the molecule is CC[C@H](NC(=O)c1cc2c(C)nn(C)c2s1)c1ccc(Br)cc1. The molecule has 0 fully saturated rings. The van der Waals surface area contributed by atoms with Gasteiger partial charge in [-0.15, -0.1) is 11.3 Å². The predicted octanol–water partition coefficient (Wildman–Crippen LogP) is 4.59. The van der Waals surface area contributed by atoms with Crippen LogP contribution in [0.25, 0.3) is 10.2 Å². The normalized spacial score (nSPS) is 12.5. The number of hydrogen-bond acceptors (Lipinski definition) is 3. The standard InChI is InChI=1S/C17H18BrN3OS/c1-4-14(11-5-7-12(18)8-6-11)19-16(22)15-9-13-10(2)20-21(3)17(13)23-15/h5-9,14H,4H2,1-3H3,(H,19,22)/t14-/m0/s1. The van der Waals surface area contributed by atoms with E-state index in [9.17, 15) is 4.79 Å². The molecule has 1 amide bonds. The molecule has 2 aromatic heterocycles. The summed E-state index contributed by atoms with van der Waals surface area (Å²) in [5.74, 6) is -0.0274. The molecule has 3 rings (SSSR count). The lowest BCUT2D eigenvalue weighted by atomic mass is 10.0. The molecule has 4 nitrogen and oxygen atoms in total. The van der Waals surface area contributed by atoms with Gasteiger partial charge in [0.1, 0.15) is 4.83 Å². The van der Waals surface area contributed by atoms with Crippen LogP contribution < -0.4 is 5.32 Å². The van der Waals surface area contributed by atoms with Gasteiger partial charge in [0.25, 0.3) is 5.91 Å². The van der Waals surface area contributed by atoms with Crippen LogP contribution in [-0.2, 0) is 7.05 Å². The van der Waals surface area contributed by atoms with Crippen LogP contribution >= 0.6 is 27.3 Å². The molecule has 2 heterocycles. The second kappa shape index (κ2) is 6.45. The number of carbonyl (C=O) groups is 1. The number of aryl methyl sites for hydroxylation is 2. The van der Waals surface area contributed by atoms with Crippen molar-refractivity contribution < 1.29 is 4.79 Å². The fraction of sp³-hybridized carbons (Fsp3) is 0.294. The van der Waals surface area contributed by atoms with Gasteiger partial charge in [-0.1, -0.05) is 35.0 Å². The Bertz CT molecular complexity index is 816. The molecule has 0 spiro atoms. The van der Waals surface area contributed by atoms with Gasteiger partial charge in [-0.05, 0) is 37.1 Å². The van der Waals surface area contributed by atoms with Crippen LogP contribution in [-0.4, -0.2) is 15.7 Å². The average molecular weight is 392 g/mol. The van der Waals surface area contributed by atoms with E-state index in [1.807, 2.05) is 49.0 Å². The number of nitrogens with one attached hydrogen (secondary N) is 1. The second-order valence-electron chi connectivity index (χ2n) is 5.52. The Labute approximate surface area is 147 Å². The first kappa shape index (κ1) is 16.2. The summed E-state index contributed by atoms with van der Waals surface area (Å²) in [7, 11) is 1.91. The zero-order valence-corrected chi connectivity index (χ0v) is 15.7. The van der Waals surface area contributed by atoms with E-state index >= 15 is 0 Å². The van der Waals surface area contributed by atoms with Gasteiger partial charge in [0.15, 0.2) is 0 Å². The minimum Gasteiger partial charge on any atom is -0.345 e. The van der Waals surface area contributed by atoms with Crippen molar-refractivity contribution in [2.45, 2.75) is 26.3 Å². The maximum atomic E-state index is 12.6. The highest BCUT2D eigenvalue weighted by molar-refractivity contribution is 9.10. The summed E-state index contributed by atoms with van der Waals surface area (Å²) in [5.41, 5.74) is 2.07. The number of thiophene rings is 1. The second-order valence-corrected chi connectivity index (χ2v) is 7.47. The van der Waals surface area contributed by atoms with Crippen LogP contribution in [0.15, 0.2) is 34.8 Å². The molecule has 0 unspecified atom stereocenters. The van der Waals surface area contributed by atoms with Crippen LogP contribution in [0.5, 0.6) is 0 Å². The summed E-state index contributed by atoms with van der Waals surface area (Å²) < 4.78 is 2.87. The van der Waals surface area contributed by atoms with Crippen LogP contribution in [0.4, 0.5) is 0 Å². The third-order valence-corrected chi connectivity index (χ3v) is 5.64. The van der Waals surface area contributed by atoms with Gasteiger partial charge in [-0.3, -0.25) is 9.48 Å². The summed E-state index contributed by atoms with van der Waals surface area (Å²) in [6.07, 6.45) is 0.846. The molecule has 6 heteroatoms. The van der Waals surface area contributed by atoms with Gasteiger partial charge < -0.3 is 5.32 Å². The number of carbonyl (C=O) groups excluding carboxylic acids is 1. The van der Waals surface area contributed by atoms with Gasteiger partial charge in [-0.2, -0.15) is 5.10 Å². The number of halogens is 1. The fourth-order valence-electron chi connectivity index (χ4n) is 2.66. The van der Waals surface area contributed by atoms with E-state index in [4.69, 9.17) is 0 Å². The van der Waals surface area contributed by atoms with Gasteiger partial charge in [0, 0.05) is 16.9 Å². The topological polar surface area (TPSA) is 46.9 Å². The fourth-order valence-corrected chi connectivity index (χ4v) is 3.95. The van der Waals surface area contributed by atoms with Gasteiger partial charge in [0.2, 0.25) is 0 Å². The number of hydrogen-bond donors (Lipinski definition) is 1. The molecule has 0 bridgehead atoms. The predicted molar refractivity (Wildman–Crippen MR) is 98.0 cm³/mol. The lowest BCUT2D eigenvalue weighted by Crippen LogP contribution is -2.27. The highest BCUT2D eigenvalue weighted by atomic mass is 79.9. The monoisotopic (exact) mass is 391 g/mol. The molecule has 0 aliphatic carbocycles. The maximum Gasteiger partial charge on any atom is 0.261 e.